The number of nitrogens with one attached hydrogen (secondary N) is 1. The van der Waals surface area contributed by atoms with Crippen LogP contribution in [0.4, 0.5) is 4.79 Å². The van der Waals surface area contributed by atoms with Crippen molar-refractivity contribution in [1.82, 2.24) is 4.98 Å². The summed E-state index contributed by atoms with van der Waals surface area (Å²) in [4.78, 5) is 27.8. The number of aryl methyl sites for hydroxylation is 1. The highest BCUT2D eigenvalue weighted by molar-refractivity contribution is 6.20. The lowest BCUT2D eigenvalue weighted by Gasteiger charge is -2.11. The molecule has 1 heterocycles. The number of benzene rings is 2. The molecule has 0 fully saturated rings. The van der Waals surface area contributed by atoms with Crippen LogP contribution < -0.4 is 9.47 Å². The number of aromatic amines is 1. The Hall–Kier alpha value is -3.28. The quantitative estimate of drug-likeness (QED) is 0.131. The summed E-state index contributed by atoms with van der Waals surface area (Å²) in [6.07, 6.45) is 11.0. The maximum absolute atomic E-state index is 13.6. The van der Waals surface area contributed by atoms with Crippen LogP contribution in [0.1, 0.15) is 92.6 Å². The van der Waals surface area contributed by atoms with E-state index in [9.17, 15) is 14.7 Å². The summed E-state index contributed by atoms with van der Waals surface area (Å²) in [5.74, 6) is 0.0920. The molecule has 0 bridgehead atoms. The predicted octanol–water partition coefficient (Wildman–Crippen LogP) is 8.06. The van der Waals surface area contributed by atoms with Crippen LogP contribution in [0.15, 0.2) is 42.5 Å². The number of rotatable bonds is 15. The van der Waals surface area contributed by atoms with Crippen LogP contribution in [-0.4, -0.2) is 28.6 Å². The molecule has 0 spiro atoms. The molecule has 0 unspecified atom stereocenters. The minimum absolute atomic E-state index is 0.0729. The number of para-hydroxylation sites is 1. The first-order valence-electron chi connectivity index (χ1n) is 12.8. The number of unbranched alkanes of at least 4 members (excludes halogenated alkanes) is 9. The molecule has 0 aliphatic rings. The first-order valence-corrected chi connectivity index (χ1v) is 12.8. The zero-order valence-corrected chi connectivity index (χ0v) is 20.9. The fourth-order valence-corrected chi connectivity index (χ4v) is 4.47. The van der Waals surface area contributed by atoms with Gasteiger partial charge in [-0.05, 0) is 37.1 Å². The molecule has 1 aromatic heterocycles. The zero-order valence-electron chi connectivity index (χ0n) is 20.9. The Labute approximate surface area is 207 Å². The Balaban J connectivity index is 1.62. The van der Waals surface area contributed by atoms with E-state index >= 15 is 0 Å². The number of aromatic nitrogens is 1. The van der Waals surface area contributed by atoms with E-state index in [1.54, 1.807) is 24.3 Å². The van der Waals surface area contributed by atoms with Gasteiger partial charge in [0.15, 0.2) is 0 Å². The first-order chi connectivity index (χ1) is 17.0. The van der Waals surface area contributed by atoms with Gasteiger partial charge in [0.2, 0.25) is 11.7 Å². The first kappa shape index (κ1) is 26.3. The third kappa shape index (κ3) is 7.35. The molecule has 0 saturated carbocycles. The van der Waals surface area contributed by atoms with Gasteiger partial charge in [-0.15, -0.1) is 0 Å². The molecular weight excluding hydrogens is 442 g/mol. The minimum Gasteiger partial charge on any atom is -0.493 e. The van der Waals surface area contributed by atoms with Crippen LogP contribution in [0.5, 0.6) is 11.6 Å². The number of ketones is 1. The van der Waals surface area contributed by atoms with Gasteiger partial charge in [0.1, 0.15) is 5.75 Å². The lowest BCUT2D eigenvalue weighted by Crippen LogP contribution is -2.10. The van der Waals surface area contributed by atoms with Gasteiger partial charge in [-0.3, -0.25) is 4.79 Å². The van der Waals surface area contributed by atoms with Crippen molar-refractivity contribution in [3.8, 4) is 11.6 Å². The summed E-state index contributed by atoms with van der Waals surface area (Å²) in [5, 5.41) is 9.83. The lowest BCUT2D eigenvalue weighted by atomic mass is 9.99. The van der Waals surface area contributed by atoms with E-state index in [2.05, 4.69) is 11.9 Å². The van der Waals surface area contributed by atoms with Crippen molar-refractivity contribution in [2.24, 2.45) is 0 Å². The molecule has 0 aliphatic heterocycles. The van der Waals surface area contributed by atoms with E-state index in [0.29, 0.717) is 28.8 Å². The minimum atomic E-state index is -1.48. The van der Waals surface area contributed by atoms with E-state index < -0.39 is 6.16 Å². The topological polar surface area (TPSA) is 88.6 Å². The van der Waals surface area contributed by atoms with Crippen molar-refractivity contribution < 1.29 is 24.2 Å². The molecule has 0 aliphatic carbocycles. The van der Waals surface area contributed by atoms with Crippen molar-refractivity contribution in [3.05, 3.63) is 59.2 Å². The number of carbonyl (C=O) groups excluding carboxylic acids is 1. The van der Waals surface area contributed by atoms with E-state index in [4.69, 9.17) is 9.47 Å². The van der Waals surface area contributed by atoms with E-state index in [1.165, 1.54) is 51.4 Å². The lowest BCUT2D eigenvalue weighted by molar-refractivity contribution is 0.103. The molecular formula is C29H37NO5. The number of carbonyl (C=O) groups is 2. The molecule has 0 saturated heterocycles. The summed E-state index contributed by atoms with van der Waals surface area (Å²) in [7, 11) is 0. The molecule has 0 radical (unpaired) electrons. The number of hydrogen-bond acceptors (Lipinski definition) is 4. The molecule has 6 nitrogen and oxygen atoms in total. The number of ether oxygens (including phenoxy) is 2. The summed E-state index contributed by atoms with van der Waals surface area (Å²) in [6.45, 7) is 4.65. The van der Waals surface area contributed by atoms with Crippen LogP contribution in [-0.2, 0) is 0 Å². The van der Waals surface area contributed by atoms with Crippen LogP contribution in [0.3, 0.4) is 0 Å². The molecule has 3 aromatic rings. The monoisotopic (exact) mass is 479 g/mol. The predicted molar refractivity (Wildman–Crippen MR) is 139 cm³/mol. The second-order valence-electron chi connectivity index (χ2n) is 9.05. The molecule has 6 heteroatoms. The normalized spacial score (nSPS) is 11.0. The van der Waals surface area contributed by atoms with Crippen molar-refractivity contribution >= 4 is 22.8 Å². The van der Waals surface area contributed by atoms with E-state index in [1.807, 2.05) is 25.1 Å². The Morgan fingerprint density at radius 2 is 1.51 bits per heavy atom. The molecule has 0 atom stereocenters. The van der Waals surface area contributed by atoms with Crippen LogP contribution in [0, 0.1) is 6.92 Å². The summed E-state index contributed by atoms with van der Waals surface area (Å²) < 4.78 is 10.9. The van der Waals surface area contributed by atoms with Crippen molar-refractivity contribution in [2.75, 3.05) is 6.61 Å². The van der Waals surface area contributed by atoms with Gasteiger partial charge >= 0.3 is 6.16 Å². The van der Waals surface area contributed by atoms with Crippen molar-refractivity contribution in [3.63, 3.8) is 0 Å². The average molecular weight is 480 g/mol. The SMILES string of the molecule is CCCCCCCCCCCCOc1ccccc1C(=O)c1c(OC(=O)O)[nH]c2cccc(C)c12. The van der Waals surface area contributed by atoms with Gasteiger partial charge in [-0.2, -0.15) is 0 Å². The van der Waals surface area contributed by atoms with Crippen LogP contribution >= 0.6 is 0 Å². The van der Waals surface area contributed by atoms with Crippen molar-refractivity contribution in [2.45, 2.75) is 78.1 Å². The second kappa shape index (κ2) is 13.6. The Bertz CT molecular complexity index is 1120. The fraction of sp³-hybridized carbons (Fsp3) is 0.448. The molecule has 2 N–H and O–H groups in total. The Kier molecular flexibility index (Phi) is 10.2. The number of hydrogen-bond donors (Lipinski definition) is 2. The molecule has 2 aromatic carbocycles. The second-order valence-corrected chi connectivity index (χ2v) is 9.05. The highest BCUT2D eigenvalue weighted by Crippen LogP contribution is 2.34. The smallest absolute Gasteiger partial charge is 0.493 e. The van der Waals surface area contributed by atoms with Gasteiger partial charge in [-0.1, -0.05) is 89.0 Å². The largest absolute Gasteiger partial charge is 0.512 e. The maximum atomic E-state index is 13.6. The average Bonchev–Trinajstić information content (AvgIpc) is 3.21. The Morgan fingerprint density at radius 1 is 0.857 bits per heavy atom. The summed E-state index contributed by atoms with van der Waals surface area (Å²) >= 11 is 0. The van der Waals surface area contributed by atoms with Crippen molar-refractivity contribution in [1.29, 1.82) is 0 Å². The van der Waals surface area contributed by atoms with Gasteiger partial charge in [0, 0.05) is 10.9 Å². The number of H-pyrrole nitrogens is 1. The molecule has 0 amide bonds. The number of fused-ring (bicyclic) bond motifs is 1. The summed E-state index contributed by atoms with van der Waals surface area (Å²) in [5.41, 5.74) is 2.09. The third-order valence-electron chi connectivity index (χ3n) is 6.30. The van der Waals surface area contributed by atoms with E-state index in [-0.39, 0.29) is 17.2 Å². The molecule has 3 rings (SSSR count). The van der Waals surface area contributed by atoms with Gasteiger partial charge in [0.25, 0.3) is 0 Å². The molecule has 188 valence electrons. The van der Waals surface area contributed by atoms with Gasteiger partial charge in [0.05, 0.1) is 17.7 Å². The van der Waals surface area contributed by atoms with Gasteiger partial charge < -0.3 is 19.6 Å². The third-order valence-corrected chi connectivity index (χ3v) is 6.30. The summed E-state index contributed by atoms with van der Waals surface area (Å²) in [6, 6.07) is 12.6. The fourth-order valence-electron chi connectivity index (χ4n) is 4.47. The van der Waals surface area contributed by atoms with Crippen LogP contribution in [0.2, 0.25) is 0 Å². The highest BCUT2D eigenvalue weighted by atomic mass is 16.7. The highest BCUT2D eigenvalue weighted by Gasteiger charge is 2.26. The number of carboxylic acid groups (broad SMARTS) is 1. The maximum Gasteiger partial charge on any atom is 0.512 e. The van der Waals surface area contributed by atoms with E-state index in [0.717, 1.165) is 18.4 Å². The Morgan fingerprint density at radius 3 is 2.20 bits per heavy atom. The van der Waals surface area contributed by atoms with Gasteiger partial charge in [-0.25, -0.2) is 4.79 Å². The van der Waals surface area contributed by atoms with Crippen LogP contribution in [0.25, 0.3) is 10.9 Å². The molecule has 35 heavy (non-hydrogen) atoms. The zero-order chi connectivity index (χ0) is 25.0. The standard InChI is InChI=1S/C29H37NO5/c1-3-4-5-6-7-8-9-10-11-14-20-34-24-19-13-12-17-22(24)27(31)26-25-21(2)16-15-18-23(25)30-28(26)35-29(32)33/h12-13,15-19,30H,3-11,14,20H2,1-2H3,(H,32,33).